The molecule has 0 saturated carbocycles. The first-order valence-corrected chi connectivity index (χ1v) is 10.2. The Hall–Kier alpha value is -1.31. The molecular formula is C16H23ClN2O4S. The molecule has 6 nitrogen and oxygen atoms in total. The van der Waals surface area contributed by atoms with Gasteiger partial charge >= 0.3 is 0 Å². The van der Waals surface area contributed by atoms with E-state index in [4.69, 9.17) is 16.3 Å². The quantitative estimate of drug-likeness (QED) is 0.793. The first kappa shape index (κ1) is 19.0. The van der Waals surface area contributed by atoms with Crippen molar-refractivity contribution < 1.29 is 17.9 Å². The van der Waals surface area contributed by atoms with Gasteiger partial charge in [0.1, 0.15) is 6.04 Å². The van der Waals surface area contributed by atoms with Gasteiger partial charge in [-0.1, -0.05) is 24.6 Å². The molecule has 1 saturated heterocycles. The van der Waals surface area contributed by atoms with E-state index in [1.54, 1.807) is 31.2 Å². The fourth-order valence-corrected chi connectivity index (χ4v) is 4.20. The first-order valence-electron chi connectivity index (χ1n) is 7.97. The summed E-state index contributed by atoms with van der Waals surface area (Å²) in [6.45, 7) is 2.87. The summed E-state index contributed by atoms with van der Waals surface area (Å²) in [5, 5.41) is 3.22. The third kappa shape index (κ3) is 4.84. The Labute approximate surface area is 148 Å². The summed E-state index contributed by atoms with van der Waals surface area (Å²) < 4.78 is 31.2. The van der Waals surface area contributed by atoms with Crippen LogP contribution in [0.3, 0.4) is 0 Å². The maximum absolute atomic E-state index is 12.6. The second-order valence-electron chi connectivity index (χ2n) is 5.84. The highest BCUT2D eigenvalue weighted by Gasteiger charge is 2.32. The van der Waals surface area contributed by atoms with Crippen LogP contribution < -0.4 is 9.62 Å². The number of hydrogen-bond donors (Lipinski definition) is 1. The number of anilines is 1. The van der Waals surface area contributed by atoms with E-state index in [9.17, 15) is 13.2 Å². The number of sulfonamides is 1. The van der Waals surface area contributed by atoms with Gasteiger partial charge in [0.25, 0.3) is 0 Å². The van der Waals surface area contributed by atoms with Crippen LogP contribution in [0.5, 0.6) is 0 Å². The van der Waals surface area contributed by atoms with Crippen molar-refractivity contribution in [1.29, 1.82) is 0 Å². The summed E-state index contributed by atoms with van der Waals surface area (Å²) in [6, 6.07) is 5.65. The number of nitrogens with zero attached hydrogens (tertiary/aromatic N) is 1. The highest BCUT2D eigenvalue weighted by atomic mass is 35.5. The van der Waals surface area contributed by atoms with Gasteiger partial charge in [0.2, 0.25) is 15.9 Å². The molecule has 1 aliphatic rings. The highest BCUT2D eigenvalue weighted by Crippen LogP contribution is 2.25. The van der Waals surface area contributed by atoms with E-state index in [-0.39, 0.29) is 12.0 Å². The van der Waals surface area contributed by atoms with Crippen molar-refractivity contribution in [3.05, 3.63) is 29.3 Å². The second-order valence-corrected chi connectivity index (χ2v) is 8.14. The van der Waals surface area contributed by atoms with E-state index in [2.05, 4.69) is 5.32 Å². The molecule has 1 heterocycles. The van der Waals surface area contributed by atoms with Crippen molar-refractivity contribution in [2.45, 2.75) is 38.3 Å². The summed E-state index contributed by atoms with van der Waals surface area (Å²) in [5.74, 6) is -0.335. The molecule has 1 fully saturated rings. The summed E-state index contributed by atoms with van der Waals surface area (Å²) in [7, 11) is -3.65. The lowest BCUT2D eigenvalue weighted by Gasteiger charge is -2.30. The number of amides is 1. The first-order chi connectivity index (χ1) is 11.3. The minimum Gasteiger partial charge on any atom is -0.376 e. The number of halogens is 1. The molecule has 1 aliphatic heterocycles. The smallest absolute Gasteiger partial charge is 0.243 e. The van der Waals surface area contributed by atoms with Gasteiger partial charge in [-0.3, -0.25) is 9.10 Å². The summed E-state index contributed by atoms with van der Waals surface area (Å²) in [4.78, 5) is 12.6. The Morgan fingerprint density at radius 2 is 2.25 bits per heavy atom. The van der Waals surface area contributed by atoms with Gasteiger partial charge in [0.05, 0.1) is 18.0 Å². The van der Waals surface area contributed by atoms with E-state index >= 15 is 0 Å². The number of rotatable bonds is 7. The molecule has 1 amide bonds. The molecule has 24 heavy (non-hydrogen) atoms. The van der Waals surface area contributed by atoms with E-state index in [0.29, 0.717) is 30.3 Å². The summed E-state index contributed by atoms with van der Waals surface area (Å²) in [6.07, 6.45) is 3.32. The Bertz CT molecular complexity index is 674. The van der Waals surface area contributed by atoms with Crippen LogP contribution in [0.15, 0.2) is 24.3 Å². The fourth-order valence-electron chi connectivity index (χ4n) is 2.81. The molecule has 0 spiro atoms. The van der Waals surface area contributed by atoms with Crippen molar-refractivity contribution in [3.8, 4) is 0 Å². The molecule has 1 N–H and O–H groups in total. The third-order valence-electron chi connectivity index (χ3n) is 3.92. The highest BCUT2D eigenvalue weighted by molar-refractivity contribution is 7.92. The summed E-state index contributed by atoms with van der Waals surface area (Å²) in [5.41, 5.74) is 0.379. The Kier molecular flexibility index (Phi) is 6.48. The SMILES string of the molecule is CC[C@@H](C(=O)NC[C@H]1CCCO1)N(c1cccc(Cl)c1)S(C)(=O)=O. The number of nitrogens with one attached hydrogen (secondary N) is 1. The molecular weight excluding hydrogens is 352 g/mol. The van der Waals surface area contributed by atoms with Crippen LogP contribution >= 0.6 is 11.6 Å². The zero-order valence-electron chi connectivity index (χ0n) is 13.9. The van der Waals surface area contributed by atoms with Gasteiger partial charge < -0.3 is 10.1 Å². The predicted octanol–water partition coefficient (Wildman–Crippen LogP) is 2.18. The number of ether oxygens (including phenoxy) is 1. The van der Waals surface area contributed by atoms with Crippen molar-refractivity contribution in [2.24, 2.45) is 0 Å². The Balaban J connectivity index is 2.20. The maximum atomic E-state index is 12.6. The van der Waals surface area contributed by atoms with Gasteiger partial charge in [-0.2, -0.15) is 0 Å². The second kappa shape index (κ2) is 8.18. The normalized spacial score (nSPS) is 19.0. The number of carbonyl (C=O) groups excluding carboxylic acids is 1. The standard InChI is InChI=1S/C16H23ClN2O4S/c1-3-15(16(20)18-11-14-8-5-9-23-14)19(24(2,21)22)13-7-4-6-12(17)10-13/h4,6-7,10,14-15H,3,5,8-9,11H2,1-2H3,(H,18,20)/t14-,15+/m1/s1. The van der Waals surface area contributed by atoms with E-state index < -0.39 is 16.1 Å². The average Bonchev–Trinajstić information content (AvgIpc) is 3.02. The Morgan fingerprint density at radius 3 is 2.79 bits per heavy atom. The van der Waals surface area contributed by atoms with Crippen LogP contribution in [0.4, 0.5) is 5.69 Å². The van der Waals surface area contributed by atoms with Gasteiger partial charge in [-0.25, -0.2) is 8.42 Å². The topological polar surface area (TPSA) is 75.7 Å². The van der Waals surface area contributed by atoms with Crippen molar-refractivity contribution >= 4 is 33.2 Å². The molecule has 134 valence electrons. The molecule has 8 heteroatoms. The molecule has 0 radical (unpaired) electrons. The minimum absolute atomic E-state index is 0.00399. The Morgan fingerprint density at radius 1 is 1.50 bits per heavy atom. The van der Waals surface area contributed by atoms with Crippen LogP contribution in [0, 0.1) is 0 Å². The lowest BCUT2D eigenvalue weighted by Crippen LogP contribution is -2.50. The van der Waals surface area contributed by atoms with E-state index in [0.717, 1.165) is 23.4 Å². The molecule has 2 atom stereocenters. The van der Waals surface area contributed by atoms with Gasteiger partial charge in [-0.15, -0.1) is 0 Å². The zero-order valence-corrected chi connectivity index (χ0v) is 15.4. The van der Waals surface area contributed by atoms with E-state index in [1.165, 1.54) is 0 Å². The monoisotopic (exact) mass is 374 g/mol. The van der Waals surface area contributed by atoms with Crippen molar-refractivity contribution in [1.82, 2.24) is 5.32 Å². The molecule has 0 bridgehead atoms. The number of benzene rings is 1. The molecule has 0 unspecified atom stereocenters. The minimum atomic E-state index is -3.65. The lowest BCUT2D eigenvalue weighted by atomic mass is 10.1. The van der Waals surface area contributed by atoms with Crippen LogP contribution in [-0.2, 0) is 19.6 Å². The lowest BCUT2D eigenvalue weighted by molar-refractivity contribution is -0.122. The summed E-state index contributed by atoms with van der Waals surface area (Å²) >= 11 is 5.98. The van der Waals surface area contributed by atoms with Crippen LogP contribution in [0.2, 0.25) is 5.02 Å². The van der Waals surface area contributed by atoms with Crippen LogP contribution in [-0.4, -0.2) is 45.9 Å². The third-order valence-corrected chi connectivity index (χ3v) is 5.34. The van der Waals surface area contributed by atoms with E-state index in [1.807, 2.05) is 0 Å². The number of hydrogen-bond acceptors (Lipinski definition) is 4. The predicted molar refractivity (Wildman–Crippen MR) is 94.8 cm³/mol. The van der Waals surface area contributed by atoms with Crippen molar-refractivity contribution in [2.75, 3.05) is 23.7 Å². The van der Waals surface area contributed by atoms with Gasteiger partial charge in [0, 0.05) is 18.2 Å². The fraction of sp³-hybridized carbons (Fsp3) is 0.562. The molecule has 1 aromatic rings. The van der Waals surface area contributed by atoms with Gasteiger partial charge in [-0.05, 0) is 37.5 Å². The average molecular weight is 375 g/mol. The van der Waals surface area contributed by atoms with Crippen molar-refractivity contribution in [3.63, 3.8) is 0 Å². The van der Waals surface area contributed by atoms with Crippen LogP contribution in [0.25, 0.3) is 0 Å². The molecule has 2 rings (SSSR count). The molecule has 0 aliphatic carbocycles. The number of carbonyl (C=O) groups is 1. The molecule has 0 aromatic heterocycles. The van der Waals surface area contributed by atoms with Crippen LogP contribution in [0.1, 0.15) is 26.2 Å². The largest absolute Gasteiger partial charge is 0.376 e. The molecule has 1 aromatic carbocycles. The maximum Gasteiger partial charge on any atom is 0.243 e. The van der Waals surface area contributed by atoms with Gasteiger partial charge in [0.15, 0.2) is 0 Å². The zero-order chi connectivity index (χ0) is 17.7.